The van der Waals surface area contributed by atoms with Gasteiger partial charge in [-0.3, -0.25) is 9.59 Å². The molecule has 102 valence electrons. The largest absolute Gasteiger partial charge is 0.359 e. The van der Waals surface area contributed by atoms with Gasteiger partial charge in [-0.05, 0) is 24.2 Å². The quantitative estimate of drug-likeness (QED) is 0.788. The fraction of sp³-hybridized carbons (Fsp3) is 0.857. The zero-order valence-electron chi connectivity index (χ0n) is 11.8. The molecule has 2 aliphatic rings. The van der Waals surface area contributed by atoms with Crippen LogP contribution in [0.2, 0.25) is 0 Å². The van der Waals surface area contributed by atoms with Gasteiger partial charge in [0, 0.05) is 25.4 Å². The SMILES string of the molecule is CNC(=O)CCNC1C(=O)C2(C)CCC1C2(C)C. The van der Waals surface area contributed by atoms with E-state index in [0.29, 0.717) is 24.7 Å². The number of nitrogens with one attached hydrogen (secondary N) is 2. The van der Waals surface area contributed by atoms with Gasteiger partial charge >= 0.3 is 0 Å². The Balaban J connectivity index is 2.00. The number of amides is 1. The molecular weight excluding hydrogens is 228 g/mol. The average Bonchev–Trinajstić information content (AvgIpc) is 2.63. The second-order valence-electron chi connectivity index (χ2n) is 6.42. The van der Waals surface area contributed by atoms with Gasteiger partial charge in [-0.2, -0.15) is 0 Å². The minimum Gasteiger partial charge on any atom is -0.359 e. The topological polar surface area (TPSA) is 58.2 Å². The van der Waals surface area contributed by atoms with Crippen LogP contribution in [-0.4, -0.2) is 31.3 Å². The normalized spacial score (nSPS) is 37.0. The summed E-state index contributed by atoms with van der Waals surface area (Å²) in [6.45, 7) is 7.11. The summed E-state index contributed by atoms with van der Waals surface area (Å²) in [5, 5.41) is 5.89. The van der Waals surface area contributed by atoms with Crippen molar-refractivity contribution < 1.29 is 9.59 Å². The molecule has 3 atom stereocenters. The van der Waals surface area contributed by atoms with Crippen LogP contribution in [0.1, 0.15) is 40.0 Å². The lowest BCUT2D eigenvalue weighted by molar-refractivity contribution is -0.130. The Labute approximate surface area is 109 Å². The van der Waals surface area contributed by atoms with Gasteiger partial charge in [0.25, 0.3) is 0 Å². The lowest BCUT2D eigenvalue weighted by Crippen LogP contribution is -2.44. The number of fused-ring (bicyclic) bond motifs is 2. The molecular formula is C14H24N2O2. The molecule has 0 aliphatic heterocycles. The lowest BCUT2D eigenvalue weighted by atomic mass is 9.70. The molecule has 0 saturated heterocycles. The highest BCUT2D eigenvalue weighted by molar-refractivity contribution is 5.94. The molecule has 2 fully saturated rings. The van der Waals surface area contributed by atoms with E-state index in [1.54, 1.807) is 7.05 Å². The van der Waals surface area contributed by atoms with Crippen LogP contribution in [0, 0.1) is 16.7 Å². The second kappa shape index (κ2) is 4.34. The Morgan fingerprint density at radius 3 is 2.56 bits per heavy atom. The minimum atomic E-state index is -0.178. The molecule has 18 heavy (non-hydrogen) atoms. The minimum absolute atomic E-state index is 0.0172. The van der Waals surface area contributed by atoms with Gasteiger partial charge in [-0.25, -0.2) is 0 Å². The zero-order valence-corrected chi connectivity index (χ0v) is 11.8. The fourth-order valence-corrected chi connectivity index (χ4v) is 3.79. The van der Waals surface area contributed by atoms with E-state index in [1.165, 1.54) is 0 Å². The third-order valence-electron chi connectivity index (χ3n) is 5.53. The smallest absolute Gasteiger partial charge is 0.221 e. The summed E-state index contributed by atoms with van der Waals surface area (Å²) in [4.78, 5) is 23.7. The summed E-state index contributed by atoms with van der Waals surface area (Å²) in [5.74, 6) is 0.781. The van der Waals surface area contributed by atoms with Crippen LogP contribution in [-0.2, 0) is 9.59 Å². The van der Waals surface area contributed by atoms with Crippen LogP contribution in [0.4, 0.5) is 0 Å². The molecule has 0 aromatic carbocycles. The molecule has 2 rings (SSSR count). The number of hydrogen-bond acceptors (Lipinski definition) is 3. The van der Waals surface area contributed by atoms with Crippen LogP contribution in [0.25, 0.3) is 0 Å². The summed E-state index contributed by atoms with van der Waals surface area (Å²) >= 11 is 0. The van der Waals surface area contributed by atoms with Crippen molar-refractivity contribution in [3.63, 3.8) is 0 Å². The van der Waals surface area contributed by atoms with Crippen molar-refractivity contribution in [3.8, 4) is 0 Å². The molecule has 3 unspecified atom stereocenters. The maximum Gasteiger partial charge on any atom is 0.221 e. The van der Waals surface area contributed by atoms with Crippen LogP contribution in [0.5, 0.6) is 0 Å². The van der Waals surface area contributed by atoms with Crippen molar-refractivity contribution >= 4 is 11.7 Å². The lowest BCUT2D eigenvalue weighted by Gasteiger charge is -2.32. The Morgan fingerprint density at radius 2 is 2.06 bits per heavy atom. The molecule has 0 spiro atoms. The summed E-state index contributed by atoms with van der Waals surface area (Å²) in [5.41, 5.74) is -0.100. The predicted molar refractivity (Wildman–Crippen MR) is 70.1 cm³/mol. The standard InChI is InChI=1S/C14H24N2O2/c1-13(2)9-5-7-14(13,3)12(18)11(9)16-8-6-10(17)15-4/h9,11,16H,5-8H2,1-4H3,(H,15,17). The molecule has 0 radical (unpaired) electrons. The molecule has 4 heteroatoms. The first-order valence-corrected chi connectivity index (χ1v) is 6.83. The van der Waals surface area contributed by atoms with Crippen LogP contribution in [0.3, 0.4) is 0 Å². The summed E-state index contributed by atoms with van der Waals surface area (Å²) in [7, 11) is 1.63. The van der Waals surface area contributed by atoms with E-state index in [1.807, 2.05) is 0 Å². The van der Waals surface area contributed by atoms with Crippen LogP contribution < -0.4 is 10.6 Å². The third kappa shape index (κ3) is 1.69. The van der Waals surface area contributed by atoms with E-state index in [0.717, 1.165) is 12.8 Å². The number of Topliss-reactive ketones (excluding diaryl/α,β-unsaturated/α-hetero) is 1. The van der Waals surface area contributed by atoms with Crippen LogP contribution in [0.15, 0.2) is 0 Å². The number of rotatable bonds is 4. The van der Waals surface area contributed by atoms with Crippen LogP contribution >= 0.6 is 0 Å². The fourth-order valence-electron chi connectivity index (χ4n) is 3.79. The Morgan fingerprint density at radius 1 is 1.39 bits per heavy atom. The van der Waals surface area contributed by atoms with Gasteiger partial charge in [0.15, 0.2) is 5.78 Å². The van der Waals surface area contributed by atoms with Gasteiger partial charge in [-0.15, -0.1) is 0 Å². The molecule has 0 aromatic rings. The summed E-state index contributed by atoms with van der Waals surface area (Å²) in [6.07, 6.45) is 2.56. The maximum atomic E-state index is 12.5. The number of ketones is 1. The van der Waals surface area contributed by atoms with Gasteiger partial charge < -0.3 is 10.6 Å². The van der Waals surface area contributed by atoms with E-state index in [4.69, 9.17) is 0 Å². The molecule has 2 N–H and O–H groups in total. The Hall–Kier alpha value is -0.900. The molecule has 2 aliphatic carbocycles. The average molecular weight is 252 g/mol. The first-order valence-electron chi connectivity index (χ1n) is 6.83. The Bertz CT molecular complexity index is 378. The molecule has 2 saturated carbocycles. The van der Waals surface area contributed by atoms with Crippen molar-refractivity contribution in [1.29, 1.82) is 0 Å². The first-order chi connectivity index (χ1) is 8.34. The third-order valence-corrected chi connectivity index (χ3v) is 5.53. The predicted octanol–water partition coefficient (Wildman–Crippen LogP) is 1.11. The van der Waals surface area contributed by atoms with Gasteiger partial charge in [0.05, 0.1) is 6.04 Å². The first kappa shape index (κ1) is 13.5. The highest BCUT2D eigenvalue weighted by atomic mass is 16.1. The number of carbonyl (C=O) groups excluding carboxylic acids is 2. The van der Waals surface area contributed by atoms with Crippen molar-refractivity contribution in [1.82, 2.24) is 10.6 Å². The van der Waals surface area contributed by atoms with Crippen molar-refractivity contribution in [3.05, 3.63) is 0 Å². The summed E-state index contributed by atoms with van der Waals surface area (Å²) in [6, 6.07) is -0.0524. The molecule has 0 aromatic heterocycles. The van der Waals surface area contributed by atoms with Gasteiger partial charge in [-0.1, -0.05) is 20.8 Å². The maximum absolute atomic E-state index is 12.5. The van der Waals surface area contributed by atoms with Crippen molar-refractivity contribution in [2.45, 2.75) is 46.1 Å². The Kier molecular flexibility index (Phi) is 3.26. The van der Waals surface area contributed by atoms with E-state index < -0.39 is 0 Å². The van der Waals surface area contributed by atoms with E-state index in [2.05, 4.69) is 31.4 Å². The molecule has 1 amide bonds. The zero-order chi connectivity index (χ0) is 13.6. The molecule has 4 nitrogen and oxygen atoms in total. The van der Waals surface area contributed by atoms with Gasteiger partial charge in [0.1, 0.15) is 0 Å². The molecule has 2 bridgehead atoms. The summed E-state index contributed by atoms with van der Waals surface area (Å²) < 4.78 is 0. The van der Waals surface area contributed by atoms with E-state index in [-0.39, 0.29) is 22.8 Å². The highest BCUT2D eigenvalue weighted by Crippen LogP contribution is 2.63. The second-order valence-corrected chi connectivity index (χ2v) is 6.42. The van der Waals surface area contributed by atoms with E-state index in [9.17, 15) is 9.59 Å². The van der Waals surface area contributed by atoms with Crippen molar-refractivity contribution in [2.24, 2.45) is 16.7 Å². The van der Waals surface area contributed by atoms with Gasteiger partial charge in [0.2, 0.25) is 5.91 Å². The number of carbonyl (C=O) groups is 2. The highest BCUT2D eigenvalue weighted by Gasteiger charge is 2.65. The monoisotopic (exact) mass is 252 g/mol. The number of hydrogen-bond donors (Lipinski definition) is 2. The van der Waals surface area contributed by atoms with E-state index >= 15 is 0 Å². The molecule has 0 heterocycles. The van der Waals surface area contributed by atoms with Crippen molar-refractivity contribution in [2.75, 3.05) is 13.6 Å².